The second kappa shape index (κ2) is 6.68. The highest BCUT2D eigenvalue weighted by atomic mass is 16.3. The van der Waals surface area contributed by atoms with E-state index in [1.807, 2.05) is 43.7 Å². The van der Waals surface area contributed by atoms with Crippen LogP contribution in [0.2, 0.25) is 0 Å². The summed E-state index contributed by atoms with van der Waals surface area (Å²) in [6, 6.07) is 8.22. The van der Waals surface area contributed by atoms with Crippen molar-refractivity contribution in [3.63, 3.8) is 0 Å². The molecule has 28 heavy (non-hydrogen) atoms. The molecule has 0 spiro atoms. The van der Waals surface area contributed by atoms with Gasteiger partial charge in [0, 0.05) is 24.8 Å². The minimum Gasteiger partial charge on any atom is -0.393 e. The van der Waals surface area contributed by atoms with Gasteiger partial charge in [-0.1, -0.05) is 17.3 Å². The van der Waals surface area contributed by atoms with Gasteiger partial charge < -0.3 is 10.4 Å². The third-order valence-corrected chi connectivity index (χ3v) is 5.08. The molecule has 9 heteroatoms. The van der Waals surface area contributed by atoms with E-state index in [4.69, 9.17) is 0 Å². The van der Waals surface area contributed by atoms with Crippen molar-refractivity contribution < 1.29 is 5.11 Å². The summed E-state index contributed by atoms with van der Waals surface area (Å²) >= 11 is 0. The zero-order valence-electron chi connectivity index (χ0n) is 15.4. The number of fused-ring (bicyclic) bond motifs is 1. The number of rotatable bonds is 4. The number of nitrogens with zero attached hydrogens (tertiary/aromatic N) is 7. The second-order valence-corrected chi connectivity index (χ2v) is 7.16. The Kier molecular flexibility index (Phi) is 4.01. The van der Waals surface area contributed by atoms with Crippen molar-refractivity contribution in [1.29, 1.82) is 0 Å². The summed E-state index contributed by atoms with van der Waals surface area (Å²) in [6.07, 6.45) is 7.68. The average molecular weight is 376 g/mol. The summed E-state index contributed by atoms with van der Waals surface area (Å²) < 4.78 is 3.49. The number of hydrogen-bond donors (Lipinski definition) is 2. The fourth-order valence-electron chi connectivity index (χ4n) is 3.61. The maximum atomic E-state index is 9.70. The fraction of sp³-hybridized carbons (Fsp3) is 0.316. The lowest BCUT2D eigenvalue weighted by Gasteiger charge is -2.11. The van der Waals surface area contributed by atoms with Gasteiger partial charge in [-0.05, 0) is 37.0 Å². The summed E-state index contributed by atoms with van der Waals surface area (Å²) in [6.45, 7) is 0. The van der Waals surface area contributed by atoms with Crippen LogP contribution in [-0.2, 0) is 7.05 Å². The van der Waals surface area contributed by atoms with Crippen LogP contribution in [0.25, 0.3) is 28.0 Å². The minimum atomic E-state index is -0.244. The number of aromatic nitrogens is 7. The SMILES string of the molecule is Cn1cc(-c2ccc(-n3nnc4cnc(NC5CCC(O)C5)nc43)cc2)cn1. The molecule has 1 saturated carbocycles. The summed E-state index contributed by atoms with van der Waals surface area (Å²) in [4.78, 5) is 8.93. The lowest BCUT2D eigenvalue weighted by atomic mass is 10.1. The predicted octanol–water partition coefficient (Wildman–Crippen LogP) is 1.94. The molecular weight excluding hydrogens is 356 g/mol. The van der Waals surface area contributed by atoms with Crippen LogP contribution in [0.15, 0.2) is 42.9 Å². The molecule has 5 rings (SSSR count). The van der Waals surface area contributed by atoms with Gasteiger partial charge in [0.2, 0.25) is 5.95 Å². The van der Waals surface area contributed by atoms with Crippen LogP contribution < -0.4 is 5.32 Å². The Morgan fingerprint density at radius 3 is 2.68 bits per heavy atom. The molecule has 3 aromatic heterocycles. The molecular formula is C19H20N8O. The Morgan fingerprint density at radius 2 is 1.96 bits per heavy atom. The molecule has 1 aromatic carbocycles. The zero-order valence-corrected chi connectivity index (χ0v) is 15.4. The molecule has 9 nitrogen and oxygen atoms in total. The van der Waals surface area contributed by atoms with E-state index >= 15 is 0 Å². The highest BCUT2D eigenvalue weighted by Crippen LogP contribution is 2.24. The third kappa shape index (κ3) is 3.09. The molecule has 0 aliphatic heterocycles. The molecule has 1 aliphatic carbocycles. The van der Waals surface area contributed by atoms with Gasteiger partial charge in [-0.15, -0.1) is 5.10 Å². The summed E-state index contributed by atoms with van der Waals surface area (Å²) in [5.74, 6) is 0.530. The molecule has 0 bridgehead atoms. The van der Waals surface area contributed by atoms with Gasteiger partial charge in [0.25, 0.3) is 0 Å². The van der Waals surface area contributed by atoms with Crippen molar-refractivity contribution in [3.05, 3.63) is 42.9 Å². The van der Waals surface area contributed by atoms with Crippen LogP contribution >= 0.6 is 0 Å². The molecule has 0 amide bonds. The standard InChI is InChI=1S/C19H20N8O/c1-26-11-13(9-21-26)12-2-5-15(6-3-12)27-18-17(24-25-27)10-20-19(23-18)22-14-4-7-16(28)8-14/h2-3,5-6,9-11,14,16,28H,4,7-8H2,1H3,(H,20,22,23). The smallest absolute Gasteiger partial charge is 0.225 e. The molecule has 2 N–H and O–H groups in total. The van der Waals surface area contributed by atoms with E-state index in [2.05, 4.69) is 30.7 Å². The van der Waals surface area contributed by atoms with Gasteiger partial charge in [-0.2, -0.15) is 14.8 Å². The third-order valence-electron chi connectivity index (χ3n) is 5.08. The first-order chi connectivity index (χ1) is 13.7. The van der Waals surface area contributed by atoms with Crippen molar-refractivity contribution >= 4 is 17.1 Å². The van der Waals surface area contributed by atoms with E-state index in [1.54, 1.807) is 15.6 Å². The van der Waals surface area contributed by atoms with Crippen LogP contribution in [-0.4, -0.2) is 52.0 Å². The molecule has 0 radical (unpaired) electrons. The lowest BCUT2D eigenvalue weighted by Crippen LogP contribution is -2.18. The number of nitrogens with one attached hydrogen (secondary N) is 1. The molecule has 142 valence electrons. The zero-order chi connectivity index (χ0) is 19.1. The predicted molar refractivity (Wildman–Crippen MR) is 104 cm³/mol. The number of anilines is 1. The summed E-state index contributed by atoms with van der Waals surface area (Å²) in [5, 5.41) is 25.6. The van der Waals surface area contributed by atoms with E-state index in [9.17, 15) is 5.11 Å². The molecule has 2 atom stereocenters. The summed E-state index contributed by atoms with van der Waals surface area (Å²) in [5.41, 5.74) is 4.29. The first-order valence-corrected chi connectivity index (χ1v) is 9.28. The largest absolute Gasteiger partial charge is 0.393 e. The van der Waals surface area contributed by atoms with E-state index in [0.717, 1.165) is 29.7 Å². The van der Waals surface area contributed by atoms with Gasteiger partial charge in [0.1, 0.15) is 0 Å². The number of aliphatic hydroxyl groups is 1. The topological polar surface area (TPSA) is 107 Å². The van der Waals surface area contributed by atoms with Crippen LogP contribution in [0, 0.1) is 0 Å². The van der Waals surface area contributed by atoms with Crippen molar-refractivity contribution in [2.45, 2.75) is 31.4 Å². The number of benzene rings is 1. The second-order valence-electron chi connectivity index (χ2n) is 7.16. The van der Waals surface area contributed by atoms with Crippen LogP contribution in [0.1, 0.15) is 19.3 Å². The van der Waals surface area contributed by atoms with Crippen molar-refractivity contribution in [3.8, 4) is 16.8 Å². The monoisotopic (exact) mass is 376 g/mol. The highest BCUT2D eigenvalue weighted by molar-refractivity contribution is 5.72. The van der Waals surface area contributed by atoms with Gasteiger partial charge in [0.05, 0.1) is 24.2 Å². The summed E-state index contributed by atoms with van der Waals surface area (Å²) in [7, 11) is 1.90. The minimum absolute atomic E-state index is 0.190. The van der Waals surface area contributed by atoms with Crippen molar-refractivity contribution in [2.75, 3.05) is 5.32 Å². The molecule has 1 aliphatic rings. The maximum Gasteiger partial charge on any atom is 0.225 e. The van der Waals surface area contributed by atoms with Gasteiger partial charge >= 0.3 is 0 Å². The van der Waals surface area contributed by atoms with Gasteiger partial charge in [0.15, 0.2) is 11.2 Å². The fourth-order valence-corrected chi connectivity index (χ4v) is 3.61. The molecule has 4 aromatic rings. The van der Waals surface area contributed by atoms with Crippen molar-refractivity contribution in [2.24, 2.45) is 7.05 Å². The van der Waals surface area contributed by atoms with E-state index in [0.29, 0.717) is 23.5 Å². The lowest BCUT2D eigenvalue weighted by molar-refractivity contribution is 0.182. The Morgan fingerprint density at radius 1 is 1.11 bits per heavy atom. The van der Waals surface area contributed by atoms with E-state index in [1.165, 1.54) is 0 Å². The first-order valence-electron chi connectivity index (χ1n) is 9.28. The average Bonchev–Trinajstić information content (AvgIpc) is 3.42. The highest BCUT2D eigenvalue weighted by Gasteiger charge is 2.23. The Balaban J connectivity index is 1.44. The van der Waals surface area contributed by atoms with Crippen molar-refractivity contribution in [1.82, 2.24) is 34.7 Å². The van der Waals surface area contributed by atoms with E-state index in [-0.39, 0.29) is 12.1 Å². The molecule has 2 unspecified atom stereocenters. The molecule has 3 heterocycles. The van der Waals surface area contributed by atoms with Gasteiger partial charge in [-0.3, -0.25) is 4.68 Å². The Hall–Kier alpha value is -3.33. The van der Waals surface area contributed by atoms with Gasteiger partial charge in [-0.25, -0.2) is 4.98 Å². The first kappa shape index (κ1) is 16.8. The van der Waals surface area contributed by atoms with Crippen LogP contribution in [0.5, 0.6) is 0 Å². The number of aryl methyl sites for hydroxylation is 1. The molecule has 0 saturated heterocycles. The quantitative estimate of drug-likeness (QED) is 0.560. The maximum absolute atomic E-state index is 9.70. The van der Waals surface area contributed by atoms with Crippen LogP contribution in [0.3, 0.4) is 0 Å². The molecule has 1 fully saturated rings. The number of hydrogen-bond acceptors (Lipinski definition) is 7. The van der Waals surface area contributed by atoms with Crippen LogP contribution in [0.4, 0.5) is 5.95 Å². The Labute approximate surface area is 161 Å². The number of aliphatic hydroxyl groups excluding tert-OH is 1. The normalized spacial score (nSPS) is 19.4. The Bertz CT molecular complexity index is 1120. The van der Waals surface area contributed by atoms with E-state index < -0.39 is 0 Å².